The zero-order valence-electron chi connectivity index (χ0n) is 7.92. The molecule has 1 aromatic heterocycles. The van der Waals surface area contributed by atoms with E-state index in [1.54, 1.807) is 18.2 Å². The van der Waals surface area contributed by atoms with Crippen LogP contribution in [0.1, 0.15) is 0 Å². The van der Waals surface area contributed by atoms with Gasteiger partial charge in [-0.15, -0.1) is 0 Å². The molecule has 0 aliphatic rings. The molecule has 0 atom stereocenters. The Morgan fingerprint density at radius 1 is 1.12 bits per heavy atom. The van der Waals surface area contributed by atoms with Gasteiger partial charge in [-0.2, -0.15) is 0 Å². The van der Waals surface area contributed by atoms with E-state index in [0.717, 1.165) is 0 Å². The van der Waals surface area contributed by atoms with Crippen LogP contribution in [-0.4, -0.2) is 9.97 Å². The van der Waals surface area contributed by atoms with E-state index in [0.29, 0.717) is 22.0 Å². The molecule has 16 heavy (non-hydrogen) atoms. The Morgan fingerprint density at radius 3 is 2.56 bits per heavy atom. The molecule has 6 heteroatoms. The molecule has 0 radical (unpaired) electrons. The minimum atomic E-state index is 0.194. The van der Waals surface area contributed by atoms with Gasteiger partial charge in [0.05, 0.1) is 16.9 Å². The van der Waals surface area contributed by atoms with Crippen LogP contribution in [-0.2, 0) is 0 Å². The quantitative estimate of drug-likeness (QED) is 0.807. The van der Waals surface area contributed by atoms with Crippen molar-refractivity contribution in [2.45, 2.75) is 0 Å². The molecule has 0 aliphatic carbocycles. The normalized spacial score (nSPS) is 10.4. The van der Waals surface area contributed by atoms with Gasteiger partial charge in [-0.25, -0.2) is 9.97 Å². The molecule has 3 nitrogen and oxygen atoms in total. The predicted molar refractivity (Wildman–Crippen MR) is 66.9 cm³/mol. The fourth-order valence-corrected chi connectivity index (χ4v) is 1.89. The fraction of sp³-hybridized carbons (Fsp3) is 0. The third kappa shape index (κ3) is 2.07. The zero-order valence-corrected chi connectivity index (χ0v) is 10.2. The summed E-state index contributed by atoms with van der Waals surface area (Å²) in [6, 6.07) is 5.23. The zero-order chi connectivity index (χ0) is 11.7. The van der Waals surface area contributed by atoms with Gasteiger partial charge in [-0.3, -0.25) is 0 Å². The number of anilines is 1. The van der Waals surface area contributed by atoms with E-state index in [2.05, 4.69) is 9.97 Å². The Hall–Kier alpha value is -1.03. The van der Waals surface area contributed by atoms with E-state index >= 15 is 0 Å². The molecule has 2 N–H and O–H groups in total. The fourth-order valence-electron chi connectivity index (χ4n) is 1.26. The van der Waals surface area contributed by atoms with Crippen LogP contribution in [0.3, 0.4) is 0 Å². The van der Waals surface area contributed by atoms with Crippen LogP contribution < -0.4 is 5.73 Å². The maximum absolute atomic E-state index is 6.06. The van der Waals surface area contributed by atoms with Crippen molar-refractivity contribution in [1.82, 2.24) is 9.97 Å². The number of aromatic nitrogens is 2. The number of benzene rings is 1. The van der Waals surface area contributed by atoms with Crippen LogP contribution in [0.15, 0.2) is 24.4 Å². The lowest BCUT2D eigenvalue weighted by Crippen LogP contribution is -1.92. The van der Waals surface area contributed by atoms with Crippen LogP contribution in [0.4, 0.5) is 5.69 Å². The molecule has 1 aromatic carbocycles. The van der Waals surface area contributed by atoms with Crippen molar-refractivity contribution in [3.8, 4) is 11.3 Å². The highest BCUT2D eigenvalue weighted by atomic mass is 35.5. The summed E-state index contributed by atoms with van der Waals surface area (Å²) in [5.41, 5.74) is 7.25. The van der Waals surface area contributed by atoms with Crippen LogP contribution in [0, 0.1) is 0 Å². The minimum absolute atomic E-state index is 0.194. The third-order valence-corrected chi connectivity index (χ3v) is 2.85. The van der Waals surface area contributed by atoms with Gasteiger partial charge in [-0.05, 0) is 6.07 Å². The van der Waals surface area contributed by atoms with Gasteiger partial charge in [0.1, 0.15) is 10.8 Å². The minimum Gasteiger partial charge on any atom is -0.398 e. The summed E-state index contributed by atoms with van der Waals surface area (Å²) in [5.74, 6) is 0. The molecule has 0 spiro atoms. The smallest absolute Gasteiger partial charge is 0.157 e. The first-order chi connectivity index (χ1) is 7.59. The lowest BCUT2D eigenvalue weighted by Gasteiger charge is -2.06. The van der Waals surface area contributed by atoms with Gasteiger partial charge in [0.25, 0.3) is 0 Å². The molecule has 0 saturated heterocycles. The second kappa shape index (κ2) is 4.45. The standard InChI is InChI=1S/C10H6Cl3N3/c11-7-4-15-9(10(13)16-7)5-2-1-3-6(14)8(5)12/h1-4H,14H2. The molecule has 0 aliphatic heterocycles. The number of hydrogen-bond acceptors (Lipinski definition) is 3. The van der Waals surface area contributed by atoms with Gasteiger partial charge < -0.3 is 5.73 Å². The van der Waals surface area contributed by atoms with Crippen molar-refractivity contribution in [3.05, 3.63) is 39.7 Å². The molecule has 1 heterocycles. The summed E-state index contributed by atoms with van der Waals surface area (Å²) in [6.07, 6.45) is 1.41. The van der Waals surface area contributed by atoms with E-state index in [1.807, 2.05) is 0 Å². The van der Waals surface area contributed by atoms with E-state index in [4.69, 9.17) is 40.5 Å². The summed E-state index contributed by atoms with van der Waals surface area (Å²) in [7, 11) is 0. The summed E-state index contributed by atoms with van der Waals surface area (Å²) < 4.78 is 0. The van der Waals surface area contributed by atoms with Crippen LogP contribution in [0.5, 0.6) is 0 Å². The maximum Gasteiger partial charge on any atom is 0.157 e. The first kappa shape index (κ1) is 11.5. The number of nitrogens with zero attached hydrogens (tertiary/aromatic N) is 2. The van der Waals surface area contributed by atoms with Crippen LogP contribution >= 0.6 is 34.8 Å². The third-order valence-electron chi connectivity index (χ3n) is 1.98. The average molecular weight is 275 g/mol. The van der Waals surface area contributed by atoms with Crippen molar-refractivity contribution in [2.75, 3.05) is 5.73 Å². The van der Waals surface area contributed by atoms with Crippen molar-refractivity contribution >= 4 is 40.5 Å². The van der Waals surface area contributed by atoms with E-state index in [9.17, 15) is 0 Å². The highest BCUT2D eigenvalue weighted by Gasteiger charge is 2.12. The van der Waals surface area contributed by atoms with Gasteiger partial charge >= 0.3 is 0 Å². The summed E-state index contributed by atoms with van der Waals surface area (Å²) in [6.45, 7) is 0. The molecular weight excluding hydrogens is 268 g/mol. The molecule has 0 unspecified atom stereocenters. The van der Waals surface area contributed by atoms with E-state index in [1.165, 1.54) is 6.20 Å². The topological polar surface area (TPSA) is 51.8 Å². The largest absolute Gasteiger partial charge is 0.398 e. The van der Waals surface area contributed by atoms with Gasteiger partial charge in [0.2, 0.25) is 0 Å². The second-order valence-electron chi connectivity index (χ2n) is 3.04. The maximum atomic E-state index is 6.06. The van der Waals surface area contributed by atoms with Crippen LogP contribution in [0.2, 0.25) is 15.3 Å². The molecule has 0 bridgehead atoms. The number of rotatable bonds is 1. The Labute approximate surface area is 107 Å². The Morgan fingerprint density at radius 2 is 1.88 bits per heavy atom. The van der Waals surface area contributed by atoms with Crippen LogP contribution in [0.25, 0.3) is 11.3 Å². The summed E-state index contributed by atoms with van der Waals surface area (Å²) in [5, 5.41) is 0.829. The molecule has 2 aromatic rings. The van der Waals surface area contributed by atoms with Gasteiger partial charge in [-0.1, -0.05) is 46.9 Å². The number of hydrogen-bond donors (Lipinski definition) is 1. The van der Waals surface area contributed by atoms with Gasteiger partial charge in [0.15, 0.2) is 5.15 Å². The predicted octanol–water partition coefficient (Wildman–Crippen LogP) is 3.69. The lowest BCUT2D eigenvalue weighted by atomic mass is 10.1. The molecule has 0 amide bonds. The summed E-state index contributed by atoms with van der Waals surface area (Å²) in [4.78, 5) is 7.97. The average Bonchev–Trinajstić information content (AvgIpc) is 2.23. The van der Waals surface area contributed by atoms with Crippen molar-refractivity contribution in [1.29, 1.82) is 0 Å². The lowest BCUT2D eigenvalue weighted by molar-refractivity contribution is 1.21. The molecule has 0 fully saturated rings. The molecule has 82 valence electrons. The number of nitrogens with two attached hydrogens (primary N) is 1. The molecule has 0 saturated carbocycles. The molecule has 2 rings (SSSR count). The SMILES string of the molecule is Nc1cccc(-c2ncc(Cl)nc2Cl)c1Cl. The van der Waals surface area contributed by atoms with E-state index < -0.39 is 0 Å². The Balaban J connectivity index is 2.63. The monoisotopic (exact) mass is 273 g/mol. The summed E-state index contributed by atoms with van der Waals surface area (Å²) >= 11 is 17.6. The second-order valence-corrected chi connectivity index (χ2v) is 4.16. The number of halogens is 3. The number of nitrogen functional groups attached to an aromatic ring is 1. The van der Waals surface area contributed by atoms with Crippen molar-refractivity contribution in [2.24, 2.45) is 0 Å². The first-order valence-electron chi connectivity index (χ1n) is 4.32. The highest BCUT2D eigenvalue weighted by Crippen LogP contribution is 2.34. The van der Waals surface area contributed by atoms with E-state index in [-0.39, 0.29) is 10.3 Å². The highest BCUT2D eigenvalue weighted by molar-refractivity contribution is 6.37. The van der Waals surface area contributed by atoms with Crippen molar-refractivity contribution < 1.29 is 0 Å². The first-order valence-corrected chi connectivity index (χ1v) is 5.45. The Bertz CT molecular complexity index is 543. The molecular formula is C10H6Cl3N3. The van der Waals surface area contributed by atoms with Crippen molar-refractivity contribution in [3.63, 3.8) is 0 Å². The Kier molecular flexibility index (Phi) is 3.19. The van der Waals surface area contributed by atoms with Gasteiger partial charge in [0, 0.05) is 5.56 Å².